The summed E-state index contributed by atoms with van der Waals surface area (Å²) < 4.78 is 21.3. The molecule has 0 aromatic rings. The molecule has 19 nitrogen and oxygen atoms in total. The van der Waals surface area contributed by atoms with Crippen LogP contribution >= 0.6 is 0 Å². The summed E-state index contributed by atoms with van der Waals surface area (Å²) in [7, 11) is 5.11. The third-order valence-electron chi connectivity index (χ3n) is 9.36. The summed E-state index contributed by atoms with van der Waals surface area (Å²) in [6.07, 6.45) is 13.8. The number of hydrogen-bond acceptors (Lipinski definition) is 13. The number of nitrogens with two attached hydrogens (primary N) is 2. The fraction of sp³-hybridized carbons (Fsp3) is 0.829. The normalized spacial score (nSPS) is 12.5. The highest BCUT2D eigenvalue weighted by Gasteiger charge is 2.21. The number of carbonyl (C=O) groups excluding carboxylic acids is 6. The van der Waals surface area contributed by atoms with Crippen LogP contribution in [0.3, 0.4) is 0 Å². The van der Waals surface area contributed by atoms with E-state index in [2.05, 4.69) is 33.5 Å². The van der Waals surface area contributed by atoms with Crippen molar-refractivity contribution in [1.82, 2.24) is 26.6 Å². The Morgan fingerprint density at radius 2 is 0.984 bits per heavy atom. The van der Waals surface area contributed by atoms with E-state index in [4.69, 9.17) is 38.3 Å². The number of carbonyl (C=O) groups is 7. The zero-order chi connectivity index (χ0) is 45.4. The van der Waals surface area contributed by atoms with Crippen molar-refractivity contribution in [3.8, 4) is 0 Å². The lowest BCUT2D eigenvalue weighted by molar-refractivity contribution is -0.142. The number of rotatable bonds is 43. The van der Waals surface area contributed by atoms with Crippen LogP contribution in [-0.4, -0.2) is 151 Å². The molecular weight excluding hydrogens is 793 g/mol. The van der Waals surface area contributed by atoms with E-state index in [1.165, 1.54) is 32.1 Å². The Labute approximate surface area is 363 Å². The quantitative estimate of drug-likeness (QED) is 0.0306. The average Bonchev–Trinajstić information content (AvgIpc) is 3.22. The number of amides is 5. The second kappa shape index (κ2) is 40.4. The van der Waals surface area contributed by atoms with Crippen LogP contribution in [0.4, 0.5) is 0 Å². The smallest absolute Gasteiger partial charge is 0.326 e. The molecule has 61 heavy (non-hydrogen) atoms. The van der Waals surface area contributed by atoms with Gasteiger partial charge in [-0.1, -0.05) is 58.3 Å². The number of nitrogens with one attached hydrogen (secondary N) is 5. The Kier molecular flexibility index (Phi) is 38.0. The van der Waals surface area contributed by atoms with Gasteiger partial charge in [0.1, 0.15) is 19.3 Å². The van der Waals surface area contributed by atoms with Gasteiger partial charge >= 0.3 is 5.97 Å². The first-order chi connectivity index (χ1) is 29.4. The zero-order valence-corrected chi connectivity index (χ0v) is 36.6. The van der Waals surface area contributed by atoms with Gasteiger partial charge in [0.2, 0.25) is 29.5 Å². The van der Waals surface area contributed by atoms with Crippen LogP contribution in [0.2, 0.25) is 0 Å². The van der Waals surface area contributed by atoms with Gasteiger partial charge in [-0.25, -0.2) is 4.79 Å². The summed E-state index contributed by atoms with van der Waals surface area (Å²) >= 11 is 0. The van der Waals surface area contributed by atoms with Crippen LogP contribution in [0.1, 0.15) is 122 Å². The number of ether oxygens (including phenoxy) is 4. The van der Waals surface area contributed by atoms with E-state index in [9.17, 15) is 38.7 Å². The van der Waals surface area contributed by atoms with E-state index in [1.54, 1.807) is 0 Å². The molecule has 0 bridgehead atoms. The lowest BCUT2D eigenvalue weighted by Gasteiger charge is -2.14. The highest BCUT2D eigenvalue weighted by Crippen LogP contribution is 2.11. The summed E-state index contributed by atoms with van der Waals surface area (Å²) in [5.74, 6) is -2.70. The average molecular weight is 870 g/mol. The topological polar surface area (TPSA) is 289 Å². The fourth-order valence-electron chi connectivity index (χ4n) is 5.70. The summed E-state index contributed by atoms with van der Waals surface area (Å²) in [4.78, 5) is 82.8. The highest BCUT2D eigenvalue weighted by atomic mass is 16.5. The number of unbranched alkanes of at least 4 members (excludes halogenated alkanes) is 10. The van der Waals surface area contributed by atoms with Crippen molar-refractivity contribution in [1.29, 1.82) is 0 Å². The van der Waals surface area contributed by atoms with E-state index in [0.29, 0.717) is 58.0 Å². The minimum Gasteiger partial charge on any atom is -0.480 e. The third kappa shape index (κ3) is 37.8. The SMILES string of the molecule is [B]C(=O)[C@@H](N)CCCCNC(=O)C(N)CCCCNC(=O)COCCOCCNC(=O)COCCOCCNC(=O)CCC(NC(=O)CCCCCCCCCCC)C(=O)O. The Bertz CT molecular complexity index is 1220. The minimum atomic E-state index is -1.18. The van der Waals surface area contributed by atoms with Gasteiger partial charge in [-0.05, 0) is 51.4 Å². The van der Waals surface area contributed by atoms with Crippen molar-refractivity contribution < 1.29 is 57.6 Å². The molecule has 2 radical (unpaired) electrons. The number of carboxylic acids is 1. The molecule has 0 heterocycles. The van der Waals surface area contributed by atoms with Crippen LogP contribution in [0, 0.1) is 0 Å². The largest absolute Gasteiger partial charge is 0.480 e. The first kappa shape index (κ1) is 57.3. The van der Waals surface area contributed by atoms with E-state index in [1.807, 2.05) is 0 Å². The maximum absolute atomic E-state index is 12.2. The van der Waals surface area contributed by atoms with Gasteiger partial charge in [-0.3, -0.25) is 24.0 Å². The molecule has 20 heteroatoms. The third-order valence-corrected chi connectivity index (χ3v) is 9.36. The summed E-state index contributed by atoms with van der Waals surface area (Å²) in [6, 6.07) is -2.45. The van der Waals surface area contributed by atoms with Crippen molar-refractivity contribution in [2.45, 2.75) is 141 Å². The summed E-state index contributed by atoms with van der Waals surface area (Å²) in [5, 5.41) is 22.8. The van der Waals surface area contributed by atoms with Gasteiger partial charge in [0.15, 0.2) is 7.85 Å². The number of carboxylic acid groups (broad SMARTS) is 1. The van der Waals surface area contributed by atoms with Crippen LogP contribution in [0.25, 0.3) is 0 Å². The lowest BCUT2D eigenvalue weighted by atomic mass is 9.92. The predicted molar refractivity (Wildman–Crippen MR) is 230 cm³/mol. The maximum Gasteiger partial charge on any atom is 0.326 e. The standard InChI is InChI=1S/C41H76BN7O12/c1-2-3-4-5-6-7-8-9-10-17-36(51)49-34(41(56)57)18-19-35(50)46-22-24-58-26-29-61-31-38(53)47-23-25-59-27-28-60-30-37(52)45-20-13-12-16-33(44)40(55)48-21-14-11-15-32(43)39(42)54/h32-34H,2-31,43-44H2,1H3,(H,45,52)(H,46,50)(H,47,53)(H,48,55)(H,49,51)(H,56,57)/t32-,33?,34?/m0/s1. The van der Waals surface area contributed by atoms with Crippen LogP contribution in [-0.2, 0) is 52.5 Å². The molecule has 2 unspecified atom stereocenters. The molecule has 0 rings (SSSR count). The Hall–Kier alpha value is -3.69. The van der Waals surface area contributed by atoms with Crippen molar-refractivity contribution in [3.05, 3.63) is 0 Å². The van der Waals surface area contributed by atoms with Crippen LogP contribution in [0.5, 0.6) is 0 Å². The molecule has 0 aliphatic heterocycles. The first-order valence-corrected chi connectivity index (χ1v) is 22.1. The zero-order valence-electron chi connectivity index (χ0n) is 36.6. The van der Waals surface area contributed by atoms with Crippen molar-refractivity contribution in [3.63, 3.8) is 0 Å². The van der Waals surface area contributed by atoms with E-state index < -0.39 is 29.8 Å². The van der Waals surface area contributed by atoms with Crippen molar-refractivity contribution >= 4 is 49.0 Å². The molecule has 0 aliphatic rings. The number of hydrogen-bond donors (Lipinski definition) is 8. The molecular formula is C41H76BN7O12. The number of aliphatic carboxylic acids is 1. The van der Waals surface area contributed by atoms with Crippen molar-refractivity contribution in [2.24, 2.45) is 11.5 Å². The van der Waals surface area contributed by atoms with Gasteiger partial charge in [0, 0.05) is 39.0 Å². The Balaban J connectivity index is 3.66. The van der Waals surface area contributed by atoms with Gasteiger partial charge < -0.3 is 66.9 Å². The Morgan fingerprint density at radius 1 is 0.508 bits per heavy atom. The molecule has 5 amide bonds. The minimum absolute atomic E-state index is 0.0171. The maximum atomic E-state index is 12.2. The molecule has 0 saturated heterocycles. The predicted octanol–water partition coefficient (Wildman–Crippen LogP) is 0.478. The van der Waals surface area contributed by atoms with Crippen LogP contribution < -0.4 is 38.1 Å². The molecule has 10 N–H and O–H groups in total. The summed E-state index contributed by atoms with van der Waals surface area (Å²) in [6.45, 7) is 4.46. The highest BCUT2D eigenvalue weighted by molar-refractivity contribution is 6.59. The molecule has 350 valence electrons. The van der Waals surface area contributed by atoms with Gasteiger partial charge in [0.25, 0.3) is 0 Å². The van der Waals surface area contributed by atoms with E-state index in [-0.39, 0.29) is 115 Å². The summed E-state index contributed by atoms with van der Waals surface area (Å²) in [5.41, 5.74) is 10.9. The molecule has 0 fully saturated rings. The molecule has 0 spiro atoms. The second-order valence-electron chi connectivity index (χ2n) is 14.9. The van der Waals surface area contributed by atoms with Crippen molar-refractivity contribution in [2.75, 3.05) is 79.0 Å². The second-order valence-corrected chi connectivity index (χ2v) is 14.9. The molecule has 0 aromatic carbocycles. The van der Waals surface area contributed by atoms with Gasteiger partial charge in [-0.15, -0.1) is 0 Å². The lowest BCUT2D eigenvalue weighted by Crippen LogP contribution is -2.41. The molecule has 0 aliphatic carbocycles. The molecule has 0 saturated carbocycles. The molecule has 0 aromatic heterocycles. The fourth-order valence-corrected chi connectivity index (χ4v) is 5.70. The monoisotopic (exact) mass is 870 g/mol. The van der Waals surface area contributed by atoms with Crippen LogP contribution in [0.15, 0.2) is 0 Å². The molecule has 3 atom stereocenters. The van der Waals surface area contributed by atoms with Gasteiger partial charge in [-0.2, -0.15) is 0 Å². The van der Waals surface area contributed by atoms with E-state index in [0.717, 1.165) is 19.3 Å². The van der Waals surface area contributed by atoms with Gasteiger partial charge in [0.05, 0.1) is 57.4 Å². The first-order valence-electron chi connectivity index (χ1n) is 22.1. The Morgan fingerprint density at radius 3 is 1.52 bits per heavy atom. The van der Waals surface area contributed by atoms with E-state index >= 15 is 0 Å².